The summed E-state index contributed by atoms with van der Waals surface area (Å²) in [5.74, 6) is 1.08. The Morgan fingerprint density at radius 3 is 2.72 bits per heavy atom. The molecule has 29 heavy (non-hydrogen) atoms. The molecule has 4 nitrogen and oxygen atoms in total. The quantitative estimate of drug-likeness (QED) is 0.330. The van der Waals surface area contributed by atoms with Crippen LogP contribution in [0.3, 0.4) is 0 Å². The van der Waals surface area contributed by atoms with Gasteiger partial charge in [0.05, 0.1) is 0 Å². The zero-order chi connectivity index (χ0) is 20.1. The molecule has 150 valence electrons. The van der Waals surface area contributed by atoms with Gasteiger partial charge in [-0.25, -0.2) is 9.55 Å². The van der Waals surface area contributed by atoms with Gasteiger partial charge >= 0.3 is 0 Å². The predicted molar refractivity (Wildman–Crippen MR) is 122 cm³/mol. The SMILES string of the molecule is CN1CCCc2cc(/C=C/c3cc[n+](CCCSc4nccn4C)cc3)ccc21. The second kappa shape index (κ2) is 9.31. The lowest BCUT2D eigenvalue weighted by molar-refractivity contribution is -0.696. The predicted octanol–water partition coefficient (Wildman–Crippen LogP) is 4.44. The first-order chi connectivity index (χ1) is 14.2. The maximum absolute atomic E-state index is 4.35. The first-order valence-electron chi connectivity index (χ1n) is 10.3. The minimum absolute atomic E-state index is 1.03. The molecule has 4 rings (SSSR count). The maximum atomic E-state index is 4.35. The second-order valence-electron chi connectivity index (χ2n) is 7.64. The number of pyridine rings is 1. The van der Waals surface area contributed by atoms with Crippen molar-refractivity contribution in [3.63, 3.8) is 0 Å². The molecule has 0 saturated carbocycles. The Morgan fingerprint density at radius 2 is 1.93 bits per heavy atom. The zero-order valence-electron chi connectivity index (χ0n) is 17.3. The van der Waals surface area contributed by atoms with Crippen molar-refractivity contribution in [2.45, 2.75) is 31.0 Å². The van der Waals surface area contributed by atoms with Crippen LogP contribution in [-0.2, 0) is 20.0 Å². The van der Waals surface area contributed by atoms with E-state index < -0.39 is 0 Å². The Labute approximate surface area is 177 Å². The average molecular weight is 406 g/mol. The summed E-state index contributed by atoms with van der Waals surface area (Å²) >= 11 is 1.82. The van der Waals surface area contributed by atoms with E-state index in [1.807, 2.05) is 31.2 Å². The number of nitrogens with zero attached hydrogens (tertiary/aromatic N) is 4. The second-order valence-corrected chi connectivity index (χ2v) is 8.70. The molecule has 0 N–H and O–H groups in total. The summed E-state index contributed by atoms with van der Waals surface area (Å²) < 4.78 is 4.32. The number of anilines is 1. The van der Waals surface area contributed by atoms with Crippen LogP contribution in [0.5, 0.6) is 0 Å². The number of hydrogen-bond acceptors (Lipinski definition) is 3. The normalized spacial score (nSPS) is 13.8. The number of imidazole rings is 1. The van der Waals surface area contributed by atoms with Crippen molar-refractivity contribution in [1.29, 1.82) is 0 Å². The topological polar surface area (TPSA) is 24.9 Å². The molecule has 0 aliphatic carbocycles. The first kappa shape index (κ1) is 19.8. The van der Waals surface area contributed by atoms with Crippen LogP contribution in [0.1, 0.15) is 29.5 Å². The minimum atomic E-state index is 1.03. The van der Waals surface area contributed by atoms with E-state index in [0.29, 0.717) is 0 Å². The monoisotopic (exact) mass is 405 g/mol. The van der Waals surface area contributed by atoms with Crippen molar-refractivity contribution in [1.82, 2.24) is 9.55 Å². The molecule has 5 heteroatoms. The highest BCUT2D eigenvalue weighted by Crippen LogP contribution is 2.27. The Hall–Kier alpha value is -2.53. The van der Waals surface area contributed by atoms with Gasteiger partial charge in [0, 0.05) is 63.0 Å². The van der Waals surface area contributed by atoms with Crippen LogP contribution in [0.2, 0.25) is 0 Å². The molecule has 1 aromatic carbocycles. The Bertz CT molecular complexity index is 975. The van der Waals surface area contributed by atoms with Crippen LogP contribution >= 0.6 is 11.8 Å². The van der Waals surface area contributed by atoms with Gasteiger partial charge in [-0.1, -0.05) is 30.0 Å². The van der Waals surface area contributed by atoms with Gasteiger partial charge in [-0.2, -0.15) is 0 Å². The van der Waals surface area contributed by atoms with E-state index in [2.05, 4.69) is 80.9 Å². The van der Waals surface area contributed by atoms with Gasteiger partial charge in [0.15, 0.2) is 17.6 Å². The third-order valence-corrected chi connectivity index (χ3v) is 6.55. The maximum Gasteiger partial charge on any atom is 0.169 e. The molecule has 0 unspecified atom stereocenters. The standard InChI is InChI=1S/C24H29N4S/c1-26-13-3-5-22-19-21(8-9-23(22)26)7-6-20-10-15-28(16-11-20)14-4-18-29-24-25-12-17-27(24)2/h6-12,15-17,19H,3-5,13-14,18H2,1-2H3/q+1. The van der Waals surface area contributed by atoms with E-state index in [9.17, 15) is 0 Å². The molecule has 0 radical (unpaired) electrons. The van der Waals surface area contributed by atoms with Crippen LogP contribution in [0.25, 0.3) is 12.2 Å². The fourth-order valence-electron chi connectivity index (χ4n) is 3.73. The molecule has 0 fully saturated rings. The molecule has 0 bridgehead atoms. The molecule has 2 aromatic heterocycles. The van der Waals surface area contributed by atoms with Gasteiger partial charge in [-0.05, 0) is 41.7 Å². The number of fused-ring (bicyclic) bond motifs is 1. The molecule has 0 spiro atoms. The molecular formula is C24H29N4S+. The molecule has 3 heterocycles. The van der Waals surface area contributed by atoms with E-state index in [1.165, 1.54) is 35.2 Å². The summed E-state index contributed by atoms with van der Waals surface area (Å²) in [4.78, 5) is 6.71. The lowest BCUT2D eigenvalue weighted by atomic mass is 9.99. The molecule has 1 aliphatic heterocycles. The summed E-state index contributed by atoms with van der Waals surface area (Å²) in [6, 6.07) is 11.2. The molecule has 3 aromatic rings. The summed E-state index contributed by atoms with van der Waals surface area (Å²) in [5, 5.41) is 1.09. The third-order valence-electron chi connectivity index (χ3n) is 5.41. The lowest BCUT2D eigenvalue weighted by Gasteiger charge is -2.27. The minimum Gasteiger partial charge on any atom is -0.374 e. The Balaban J connectivity index is 1.29. The van der Waals surface area contributed by atoms with Crippen molar-refractivity contribution in [2.75, 3.05) is 24.2 Å². The summed E-state index contributed by atoms with van der Waals surface area (Å²) in [6.45, 7) is 2.19. The largest absolute Gasteiger partial charge is 0.374 e. The smallest absolute Gasteiger partial charge is 0.169 e. The molecule has 0 saturated heterocycles. The van der Waals surface area contributed by atoms with Crippen molar-refractivity contribution in [2.24, 2.45) is 7.05 Å². The van der Waals surface area contributed by atoms with Crippen LogP contribution in [0.4, 0.5) is 5.69 Å². The van der Waals surface area contributed by atoms with Crippen LogP contribution < -0.4 is 9.47 Å². The van der Waals surface area contributed by atoms with Crippen LogP contribution in [-0.4, -0.2) is 28.9 Å². The van der Waals surface area contributed by atoms with Crippen LogP contribution in [0, 0.1) is 0 Å². The van der Waals surface area contributed by atoms with E-state index in [-0.39, 0.29) is 0 Å². The first-order valence-corrected chi connectivity index (χ1v) is 11.3. The van der Waals surface area contributed by atoms with E-state index in [1.54, 1.807) is 0 Å². The van der Waals surface area contributed by atoms with Gasteiger partial charge in [0.1, 0.15) is 6.54 Å². The molecule has 0 amide bonds. The van der Waals surface area contributed by atoms with Gasteiger partial charge in [-0.3, -0.25) is 0 Å². The number of aryl methyl sites for hydroxylation is 3. The fraction of sp³-hybridized carbons (Fsp3) is 0.333. The summed E-state index contributed by atoms with van der Waals surface area (Å²) in [7, 11) is 4.23. The van der Waals surface area contributed by atoms with Gasteiger partial charge in [0.2, 0.25) is 0 Å². The van der Waals surface area contributed by atoms with Crippen LogP contribution in [0.15, 0.2) is 60.3 Å². The van der Waals surface area contributed by atoms with Crippen molar-refractivity contribution < 1.29 is 4.57 Å². The van der Waals surface area contributed by atoms with Gasteiger partial charge < -0.3 is 9.47 Å². The van der Waals surface area contributed by atoms with Crippen molar-refractivity contribution >= 4 is 29.6 Å². The van der Waals surface area contributed by atoms with Gasteiger partial charge in [-0.15, -0.1) is 0 Å². The average Bonchev–Trinajstić information content (AvgIpc) is 3.15. The highest BCUT2D eigenvalue weighted by molar-refractivity contribution is 7.99. The van der Waals surface area contributed by atoms with Crippen molar-refractivity contribution in [3.8, 4) is 0 Å². The fourth-order valence-corrected chi connectivity index (χ4v) is 4.59. The van der Waals surface area contributed by atoms with E-state index >= 15 is 0 Å². The third kappa shape index (κ3) is 5.10. The Morgan fingerprint density at radius 1 is 1.10 bits per heavy atom. The number of thioether (sulfide) groups is 1. The molecule has 0 atom stereocenters. The number of rotatable bonds is 7. The summed E-state index contributed by atoms with van der Waals surface area (Å²) in [5.41, 5.74) is 5.37. The van der Waals surface area contributed by atoms with E-state index in [4.69, 9.17) is 0 Å². The molecular weight excluding hydrogens is 376 g/mol. The number of aromatic nitrogens is 3. The summed E-state index contributed by atoms with van der Waals surface area (Å²) in [6.07, 6.45) is 16.2. The number of hydrogen-bond donors (Lipinski definition) is 0. The van der Waals surface area contributed by atoms with E-state index in [0.717, 1.165) is 30.4 Å². The Kier molecular flexibility index (Phi) is 6.35. The lowest BCUT2D eigenvalue weighted by Crippen LogP contribution is -2.32. The van der Waals surface area contributed by atoms with Crippen molar-refractivity contribution in [3.05, 3.63) is 71.8 Å². The highest BCUT2D eigenvalue weighted by atomic mass is 32.2. The molecule has 1 aliphatic rings. The highest BCUT2D eigenvalue weighted by Gasteiger charge is 2.13. The van der Waals surface area contributed by atoms with Gasteiger partial charge in [0.25, 0.3) is 0 Å². The zero-order valence-corrected chi connectivity index (χ0v) is 18.1. The number of benzene rings is 1.